The maximum absolute atomic E-state index is 11.4. The Morgan fingerprint density at radius 2 is 2.25 bits per heavy atom. The van der Waals surface area contributed by atoms with Crippen LogP contribution in [0.2, 0.25) is 0 Å². The number of hydrogen-bond donors (Lipinski definition) is 2. The van der Waals surface area contributed by atoms with Crippen molar-refractivity contribution in [1.29, 1.82) is 0 Å². The summed E-state index contributed by atoms with van der Waals surface area (Å²) < 4.78 is 0. The zero-order valence-electron chi connectivity index (χ0n) is 9.18. The normalized spacial score (nSPS) is 22.2. The second-order valence-corrected chi connectivity index (χ2v) is 4.17. The average molecular weight is 228 g/mol. The van der Waals surface area contributed by atoms with Crippen LogP contribution in [-0.2, 0) is 14.4 Å². The van der Waals surface area contributed by atoms with Gasteiger partial charge in [0, 0.05) is 25.4 Å². The van der Waals surface area contributed by atoms with E-state index in [1.807, 2.05) is 0 Å². The van der Waals surface area contributed by atoms with Crippen molar-refractivity contribution in [2.45, 2.75) is 19.8 Å². The predicted octanol–water partition coefficient (Wildman–Crippen LogP) is -0.569. The highest BCUT2D eigenvalue weighted by Crippen LogP contribution is 2.18. The van der Waals surface area contributed by atoms with Crippen LogP contribution < -0.4 is 5.73 Å². The molecule has 0 spiro atoms. The summed E-state index contributed by atoms with van der Waals surface area (Å²) in [5.41, 5.74) is 5.09. The summed E-state index contributed by atoms with van der Waals surface area (Å²) in [7, 11) is 0. The molecule has 1 heterocycles. The van der Waals surface area contributed by atoms with Crippen molar-refractivity contribution in [2.75, 3.05) is 13.1 Å². The molecule has 1 aliphatic heterocycles. The summed E-state index contributed by atoms with van der Waals surface area (Å²) in [4.78, 5) is 34.4. The Morgan fingerprint density at radius 3 is 2.69 bits per heavy atom. The molecular weight excluding hydrogens is 212 g/mol. The van der Waals surface area contributed by atoms with E-state index in [-0.39, 0.29) is 24.8 Å². The highest BCUT2D eigenvalue weighted by atomic mass is 16.4. The molecule has 2 amide bonds. The van der Waals surface area contributed by atoms with Gasteiger partial charge in [0.25, 0.3) is 0 Å². The Kier molecular flexibility index (Phi) is 3.87. The SMILES string of the molecule is CC(CCN1CC(C(=O)O)CC1=O)C(N)=O. The maximum Gasteiger partial charge on any atom is 0.308 e. The van der Waals surface area contributed by atoms with Gasteiger partial charge in [-0.2, -0.15) is 0 Å². The topological polar surface area (TPSA) is 101 Å². The quantitative estimate of drug-likeness (QED) is 0.658. The standard InChI is InChI=1S/C10H16N2O4/c1-6(9(11)14)2-3-12-5-7(10(15)16)4-8(12)13/h6-7H,2-5H2,1H3,(H2,11,14)(H,15,16). The lowest BCUT2D eigenvalue weighted by Crippen LogP contribution is -2.31. The minimum atomic E-state index is -0.946. The van der Waals surface area contributed by atoms with Crippen molar-refractivity contribution >= 4 is 17.8 Å². The number of rotatable bonds is 5. The number of amides is 2. The number of nitrogens with two attached hydrogens (primary N) is 1. The number of primary amides is 1. The summed E-state index contributed by atoms with van der Waals surface area (Å²) >= 11 is 0. The van der Waals surface area contributed by atoms with Crippen LogP contribution in [0.25, 0.3) is 0 Å². The van der Waals surface area contributed by atoms with E-state index in [4.69, 9.17) is 10.8 Å². The van der Waals surface area contributed by atoms with E-state index in [1.54, 1.807) is 6.92 Å². The van der Waals surface area contributed by atoms with Crippen molar-refractivity contribution in [2.24, 2.45) is 17.6 Å². The van der Waals surface area contributed by atoms with Crippen LogP contribution >= 0.6 is 0 Å². The van der Waals surface area contributed by atoms with Gasteiger partial charge in [-0.1, -0.05) is 6.92 Å². The minimum Gasteiger partial charge on any atom is -0.481 e. The first-order chi connectivity index (χ1) is 7.41. The lowest BCUT2D eigenvalue weighted by atomic mass is 10.1. The molecule has 1 fully saturated rings. The van der Waals surface area contributed by atoms with Gasteiger partial charge < -0.3 is 15.7 Å². The van der Waals surface area contributed by atoms with Crippen LogP contribution in [-0.4, -0.2) is 40.9 Å². The molecule has 0 aromatic heterocycles. The molecule has 2 unspecified atom stereocenters. The number of hydrogen-bond acceptors (Lipinski definition) is 3. The van der Waals surface area contributed by atoms with E-state index in [1.165, 1.54) is 4.90 Å². The average Bonchev–Trinajstić information content (AvgIpc) is 2.56. The number of nitrogens with zero attached hydrogens (tertiary/aromatic N) is 1. The van der Waals surface area contributed by atoms with Crippen LogP contribution in [0.4, 0.5) is 0 Å². The van der Waals surface area contributed by atoms with Gasteiger partial charge in [0.15, 0.2) is 0 Å². The Labute approximate surface area is 93.4 Å². The molecule has 0 radical (unpaired) electrons. The molecule has 0 aliphatic carbocycles. The van der Waals surface area contributed by atoms with Crippen LogP contribution in [0, 0.1) is 11.8 Å². The summed E-state index contributed by atoms with van der Waals surface area (Å²) in [5.74, 6) is -2.42. The van der Waals surface area contributed by atoms with E-state index in [9.17, 15) is 14.4 Å². The second kappa shape index (κ2) is 4.96. The third kappa shape index (κ3) is 2.95. The van der Waals surface area contributed by atoms with E-state index >= 15 is 0 Å². The third-order valence-corrected chi connectivity index (χ3v) is 2.88. The van der Waals surface area contributed by atoms with Crippen molar-refractivity contribution in [3.63, 3.8) is 0 Å². The van der Waals surface area contributed by atoms with E-state index in [2.05, 4.69) is 0 Å². The van der Waals surface area contributed by atoms with E-state index in [0.29, 0.717) is 13.0 Å². The fourth-order valence-electron chi connectivity index (χ4n) is 1.65. The lowest BCUT2D eigenvalue weighted by molar-refractivity contribution is -0.141. The van der Waals surface area contributed by atoms with Gasteiger partial charge >= 0.3 is 5.97 Å². The van der Waals surface area contributed by atoms with Crippen molar-refractivity contribution < 1.29 is 19.5 Å². The Balaban J connectivity index is 2.42. The largest absolute Gasteiger partial charge is 0.481 e. The number of aliphatic carboxylic acids is 1. The van der Waals surface area contributed by atoms with Gasteiger partial charge in [-0.05, 0) is 6.42 Å². The Hall–Kier alpha value is -1.59. The van der Waals surface area contributed by atoms with Crippen molar-refractivity contribution in [3.8, 4) is 0 Å². The maximum atomic E-state index is 11.4. The molecule has 1 rings (SSSR count). The number of likely N-dealkylation sites (tertiary alicyclic amines) is 1. The smallest absolute Gasteiger partial charge is 0.308 e. The third-order valence-electron chi connectivity index (χ3n) is 2.88. The summed E-state index contributed by atoms with van der Waals surface area (Å²) in [6.45, 7) is 2.32. The molecule has 0 saturated carbocycles. The molecule has 16 heavy (non-hydrogen) atoms. The van der Waals surface area contributed by atoms with E-state index in [0.717, 1.165) is 0 Å². The zero-order valence-corrected chi connectivity index (χ0v) is 9.18. The van der Waals surface area contributed by atoms with Crippen LogP contribution in [0.3, 0.4) is 0 Å². The summed E-state index contributed by atoms with van der Waals surface area (Å²) in [6.07, 6.45) is 0.535. The van der Waals surface area contributed by atoms with Crippen LogP contribution in [0.5, 0.6) is 0 Å². The van der Waals surface area contributed by atoms with Gasteiger partial charge in [0.05, 0.1) is 5.92 Å². The first-order valence-corrected chi connectivity index (χ1v) is 5.21. The number of carboxylic acid groups (broad SMARTS) is 1. The first kappa shape index (κ1) is 12.5. The monoisotopic (exact) mass is 228 g/mol. The van der Waals surface area contributed by atoms with Gasteiger partial charge in [0.2, 0.25) is 11.8 Å². The highest BCUT2D eigenvalue weighted by molar-refractivity contribution is 5.86. The predicted molar refractivity (Wildman–Crippen MR) is 55.3 cm³/mol. The molecule has 0 bridgehead atoms. The molecule has 0 aromatic carbocycles. The van der Waals surface area contributed by atoms with E-state index < -0.39 is 17.8 Å². The molecule has 6 nitrogen and oxygen atoms in total. The van der Waals surface area contributed by atoms with Crippen molar-refractivity contribution in [3.05, 3.63) is 0 Å². The van der Waals surface area contributed by atoms with Gasteiger partial charge in [0.1, 0.15) is 0 Å². The number of carboxylic acids is 1. The number of carbonyl (C=O) groups excluding carboxylic acids is 2. The Morgan fingerprint density at radius 1 is 1.62 bits per heavy atom. The molecule has 3 N–H and O–H groups in total. The molecule has 6 heteroatoms. The fraction of sp³-hybridized carbons (Fsp3) is 0.700. The second-order valence-electron chi connectivity index (χ2n) is 4.17. The summed E-state index contributed by atoms with van der Waals surface area (Å²) in [6, 6.07) is 0. The molecular formula is C10H16N2O4. The van der Waals surface area contributed by atoms with Gasteiger partial charge in [-0.3, -0.25) is 14.4 Å². The van der Waals surface area contributed by atoms with Gasteiger partial charge in [-0.25, -0.2) is 0 Å². The molecule has 90 valence electrons. The fourth-order valence-corrected chi connectivity index (χ4v) is 1.65. The number of carbonyl (C=O) groups is 3. The minimum absolute atomic E-state index is 0.0558. The molecule has 2 atom stereocenters. The van der Waals surface area contributed by atoms with Crippen LogP contribution in [0.15, 0.2) is 0 Å². The molecule has 0 aromatic rings. The van der Waals surface area contributed by atoms with Crippen molar-refractivity contribution in [1.82, 2.24) is 4.90 Å². The zero-order chi connectivity index (χ0) is 12.3. The molecule has 1 aliphatic rings. The highest BCUT2D eigenvalue weighted by Gasteiger charge is 2.34. The summed E-state index contributed by atoms with van der Waals surface area (Å²) in [5, 5.41) is 8.76. The molecule has 1 saturated heterocycles. The Bertz CT molecular complexity index is 316. The first-order valence-electron chi connectivity index (χ1n) is 5.21. The lowest BCUT2D eigenvalue weighted by Gasteiger charge is -2.17. The van der Waals surface area contributed by atoms with Gasteiger partial charge in [-0.15, -0.1) is 0 Å². The van der Waals surface area contributed by atoms with Crippen LogP contribution in [0.1, 0.15) is 19.8 Å².